The maximum atomic E-state index is 12.8. The van der Waals surface area contributed by atoms with Crippen LogP contribution in [-0.2, 0) is 20.9 Å². The third kappa shape index (κ3) is 3.25. The summed E-state index contributed by atoms with van der Waals surface area (Å²) in [6, 6.07) is 9.50. The third-order valence-corrected chi connectivity index (χ3v) is 8.86. The number of fused-ring (bicyclic) bond motifs is 5. The monoisotopic (exact) mass is 433 g/mol. The van der Waals surface area contributed by atoms with E-state index in [4.69, 9.17) is 4.74 Å². The van der Waals surface area contributed by atoms with Crippen LogP contribution in [0.1, 0.15) is 57.9 Å². The molecular formula is C27H31NO4. The summed E-state index contributed by atoms with van der Waals surface area (Å²) in [5, 5.41) is 2.78. The number of amides is 1. The van der Waals surface area contributed by atoms with Gasteiger partial charge in [0, 0.05) is 17.3 Å². The predicted molar refractivity (Wildman–Crippen MR) is 120 cm³/mol. The Morgan fingerprint density at radius 3 is 2.62 bits per heavy atom. The van der Waals surface area contributed by atoms with Gasteiger partial charge in [-0.15, -0.1) is 0 Å². The van der Waals surface area contributed by atoms with Gasteiger partial charge in [0.25, 0.3) is 0 Å². The van der Waals surface area contributed by atoms with Gasteiger partial charge >= 0.3 is 6.09 Å². The third-order valence-electron chi connectivity index (χ3n) is 8.86. The van der Waals surface area contributed by atoms with Crippen molar-refractivity contribution in [2.24, 2.45) is 28.6 Å². The van der Waals surface area contributed by atoms with Gasteiger partial charge in [-0.05, 0) is 67.1 Å². The Kier molecular flexibility index (Phi) is 5.11. The lowest BCUT2D eigenvalue weighted by Crippen LogP contribution is -2.51. The first-order chi connectivity index (χ1) is 15.3. The molecule has 1 aromatic rings. The molecule has 1 N–H and O–H groups in total. The molecule has 168 valence electrons. The predicted octanol–water partition coefficient (Wildman–Crippen LogP) is 5.12. The van der Waals surface area contributed by atoms with Gasteiger partial charge in [-0.3, -0.25) is 14.9 Å². The normalized spacial score (nSPS) is 35.8. The van der Waals surface area contributed by atoms with Crippen molar-refractivity contribution in [3.63, 3.8) is 0 Å². The number of ketones is 2. The first-order valence-electron chi connectivity index (χ1n) is 11.8. The average Bonchev–Trinajstić information content (AvgIpc) is 3.10. The van der Waals surface area contributed by atoms with Crippen molar-refractivity contribution in [2.75, 3.05) is 0 Å². The number of hydrogen-bond acceptors (Lipinski definition) is 4. The second kappa shape index (κ2) is 7.72. The molecule has 5 rings (SSSR count). The largest absolute Gasteiger partial charge is 0.444 e. The highest BCUT2D eigenvalue weighted by atomic mass is 16.5. The Morgan fingerprint density at radius 1 is 1.06 bits per heavy atom. The van der Waals surface area contributed by atoms with Crippen LogP contribution in [0, 0.1) is 28.6 Å². The van der Waals surface area contributed by atoms with E-state index in [1.807, 2.05) is 30.3 Å². The standard InChI is InChI=1S/C27H31NO4/c1-26-15-13-22(29)24(28-25(31)32-16-17-6-4-3-5-7-17)21(26)9-8-18-19-10-11-23(30)27(19,2)14-12-20(18)26/h3-7,13,15,18-20H,8-12,14,16H2,1-2H3,(H,28,31)/t18-,19-,20-,26+,27-/m0/s1. The van der Waals surface area contributed by atoms with Crippen LogP contribution < -0.4 is 5.32 Å². The molecule has 0 heterocycles. The maximum absolute atomic E-state index is 12.8. The minimum absolute atomic E-state index is 0.162. The van der Waals surface area contributed by atoms with E-state index in [1.54, 1.807) is 6.08 Å². The molecule has 0 bridgehead atoms. The molecule has 32 heavy (non-hydrogen) atoms. The number of carbonyl (C=O) groups is 3. The molecule has 0 radical (unpaired) electrons. The Balaban J connectivity index is 1.37. The van der Waals surface area contributed by atoms with E-state index in [9.17, 15) is 14.4 Å². The van der Waals surface area contributed by atoms with Gasteiger partial charge in [0.05, 0.1) is 5.70 Å². The summed E-state index contributed by atoms with van der Waals surface area (Å²) in [5.74, 6) is 1.58. The maximum Gasteiger partial charge on any atom is 0.412 e. The van der Waals surface area contributed by atoms with E-state index >= 15 is 0 Å². The topological polar surface area (TPSA) is 72.5 Å². The number of nitrogens with one attached hydrogen (secondary N) is 1. The summed E-state index contributed by atoms with van der Waals surface area (Å²) in [5.41, 5.74) is 1.87. The van der Waals surface area contributed by atoms with Crippen LogP contribution in [0.25, 0.3) is 0 Å². The van der Waals surface area contributed by atoms with Crippen molar-refractivity contribution >= 4 is 17.7 Å². The molecule has 0 spiro atoms. The summed E-state index contributed by atoms with van der Waals surface area (Å²) in [6.07, 6.45) is 8.41. The summed E-state index contributed by atoms with van der Waals surface area (Å²) in [6.45, 7) is 4.54. The van der Waals surface area contributed by atoms with E-state index in [0.717, 1.165) is 43.2 Å². The second-order valence-electron chi connectivity index (χ2n) is 10.4. The zero-order valence-electron chi connectivity index (χ0n) is 18.9. The molecule has 0 aromatic heterocycles. The van der Waals surface area contributed by atoms with Crippen LogP contribution in [-0.4, -0.2) is 17.7 Å². The quantitative estimate of drug-likeness (QED) is 0.718. The Hall–Kier alpha value is -2.69. The molecule has 3 saturated carbocycles. The summed E-state index contributed by atoms with van der Waals surface area (Å²) < 4.78 is 5.38. The van der Waals surface area contributed by atoms with Crippen molar-refractivity contribution < 1.29 is 19.1 Å². The van der Waals surface area contributed by atoms with Crippen molar-refractivity contribution in [2.45, 2.75) is 59.0 Å². The lowest BCUT2D eigenvalue weighted by atomic mass is 9.48. The summed E-state index contributed by atoms with van der Waals surface area (Å²) in [4.78, 5) is 37.9. The number of benzene rings is 1. The highest BCUT2D eigenvalue weighted by molar-refractivity contribution is 6.07. The van der Waals surface area contributed by atoms with Gasteiger partial charge in [0.2, 0.25) is 5.78 Å². The van der Waals surface area contributed by atoms with Crippen LogP contribution in [0.15, 0.2) is 53.8 Å². The van der Waals surface area contributed by atoms with Crippen LogP contribution in [0.4, 0.5) is 4.79 Å². The van der Waals surface area contributed by atoms with Crippen molar-refractivity contribution in [1.82, 2.24) is 5.32 Å². The fourth-order valence-electron chi connectivity index (χ4n) is 7.11. The average molecular weight is 434 g/mol. The Labute approximate surface area is 189 Å². The summed E-state index contributed by atoms with van der Waals surface area (Å²) >= 11 is 0. The van der Waals surface area contributed by atoms with Crippen molar-refractivity contribution in [3.05, 3.63) is 59.3 Å². The number of carbonyl (C=O) groups excluding carboxylic acids is 3. The van der Waals surface area contributed by atoms with Gasteiger partial charge in [-0.25, -0.2) is 4.79 Å². The molecule has 1 amide bonds. The van der Waals surface area contributed by atoms with Crippen LogP contribution in [0.2, 0.25) is 0 Å². The molecule has 0 saturated heterocycles. The van der Waals surface area contributed by atoms with E-state index in [1.165, 1.54) is 0 Å². The molecule has 3 fully saturated rings. The number of Topliss-reactive ketones (excluding diaryl/α,β-unsaturated/α-hetero) is 1. The zero-order valence-corrected chi connectivity index (χ0v) is 18.9. The van der Waals surface area contributed by atoms with Gasteiger partial charge in [-0.1, -0.05) is 50.3 Å². The van der Waals surface area contributed by atoms with Gasteiger partial charge < -0.3 is 4.74 Å². The number of ether oxygens (including phenoxy) is 1. The molecule has 4 aliphatic carbocycles. The molecule has 5 atom stereocenters. The van der Waals surface area contributed by atoms with Crippen LogP contribution >= 0.6 is 0 Å². The van der Waals surface area contributed by atoms with E-state index in [2.05, 4.69) is 25.2 Å². The number of hydrogen-bond donors (Lipinski definition) is 1. The number of rotatable bonds is 3. The first kappa shape index (κ1) is 21.2. The van der Waals surface area contributed by atoms with Crippen molar-refractivity contribution in [3.8, 4) is 0 Å². The molecule has 5 heteroatoms. The fourth-order valence-corrected chi connectivity index (χ4v) is 7.11. The molecule has 0 unspecified atom stereocenters. The molecule has 5 nitrogen and oxygen atoms in total. The van der Waals surface area contributed by atoms with E-state index in [-0.39, 0.29) is 23.2 Å². The van der Waals surface area contributed by atoms with Crippen LogP contribution in [0.5, 0.6) is 0 Å². The SMILES string of the molecule is C[C@]12C=CC(=O)C(NC(=O)OCc3ccccc3)=C1CC[C@@H]1[C@@H]2CC[C@]2(C)C(=O)CC[C@@H]12. The van der Waals surface area contributed by atoms with E-state index in [0.29, 0.717) is 35.7 Å². The Morgan fingerprint density at radius 2 is 1.84 bits per heavy atom. The van der Waals surface area contributed by atoms with Crippen molar-refractivity contribution in [1.29, 1.82) is 0 Å². The van der Waals surface area contributed by atoms with Gasteiger partial charge in [-0.2, -0.15) is 0 Å². The highest BCUT2D eigenvalue weighted by Crippen LogP contribution is 2.63. The molecule has 0 aliphatic heterocycles. The second-order valence-corrected chi connectivity index (χ2v) is 10.4. The fraction of sp³-hybridized carbons (Fsp3) is 0.519. The van der Waals surface area contributed by atoms with Gasteiger partial charge in [0.15, 0.2) is 0 Å². The van der Waals surface area contributed by atoms with Crippen LogP contribution in [0.3, 0.4) is 0 Å². The highest BCUT2D eigenvalue weighted by Gasteiger charge is 2.59. The number of alkyl carbamates (subject to hydrolysis) is 1. The summed E-state index contributed by atoms with van der Waals surface area (Å²) in [7, 11) is 0. The Bertz CT molecular complexity index is 1030. The molecule has 1 aromatic carbocycles. The first-order valence-corrected chi connectivity index (χ1v) is 11.8. The minimum Gasteiger partial charge on any atom is -0.444 e. The minimum atomic E-state index is -0.595. The number of allylic oxidation sites excluding steroid dienone is 3. The lowest BCUT2D eigenvalue weighted by molar-refractivity contribution is -0.131. The smallest absolute Gasteiger partial charge is 0.412 e. The zero-order chi connectivity index (χ0) is 22.5. The van der Waals surface area contributed by atoms with Gasteiger partial charge in [0.1, 0.15) is 12.4 Å². The lowest BCUT2D eigenvalue weighted by Gasteiger charge is -2.55. The van der Waals surface area contributed by atoms with E-state index < -0.39 is 6.09 Å². The molecule has 4 aliphatic rings. The molecular weight excluding hydrogens is 402 g/mol.